The van der Waals surface area contributed by atoms with Crippen LogP contribution in [0.3, 0.4) is 0 Å². The van der Waals surface area contributed by atoms with Crippen molar-refractivity contribution in [3.05, 3.63) is 15.6 Å². The van der Waals surface area contributed by atoms with Gasteiger partial charge in [-0.3, -0.25) is 9.79 Å². The van der Waals surface area contributed by atoms with Gasteiger partial charge in [-0.25, -0.2) is 4.98 Å². The Labute approximate surface area is 161 Å². The number of aryl methyl sites for hydroxylation is 2. The molecule has 0 saturated heterocycles. The highest BCUT2D eigenvalue weighted by Crippen LogP contribution is 2.39. The number of amides is 1. The number of carbonyl (C=O) groups excluding carboxylic acids is 1. The third-order valence-corrected chi connectivity index (χ3v) is 6.08. The molecule has 1 heterocycles. The molecule has 6 nitrogen and oxygen atoms in total. The molecule has 1 aliphatic carbocycles. The minimum atomic E-state index is -0.322. The summed E-state index contributed by atoms with van der Waals surface area (Å²) in [6.45, 7) is 8.34. The number of nitrogens with zero attached hydrogens (tertiary/aromatic N) is 3. The normalized spacial score (nSPS) is 16.6. The molecule has 0 aliphatic heterocycles. The lowest BCUT2D eigenvalue weighted by molar-refractivity contribution is -0.138. The molecule has 7 heteroatoms. The molecule has 0 aromatic carbocycles. The topological polar surface area (TPSA) is 69.6 Å². The Balaban J connectivity index is 1.98. The van der Waals surface area contributed by atoms with Crippen molar-refractivity contribution in [2.75, 3.05) is 33.7 Å². The van der Waals surface area contributed by atoms with Gasteiger partial charge < -0.3 is 15.5 Å². The van der Waals surface area contributed by atoms with Gasteiger partial charge in [0.2, 0.25) is 5.91 Å². The first-order valence-electron chi connectivity index (χ1n) is 9.55. The van der Waals surface area contributed by atoms with Gasteiger partial charge in [-0.1, -0.05) is 12.8 Å². The molecular formula is C19H33N5OS. The minimum absolute atomic E-state index is 0.213. The van der Waals surface area contributed by atoms with E-state index in [-0.39, 0.29) is 11.3 Å². The van der Waals surface area contributed by atoms with Gasteiger partial charge in [0.15, 0.2) is 5.96 Å². The summed E-state index contributed by atoms with van der Waals surface area (Å²) >= 11 is 1.76. The molecular weight excluding hydrogens is 346 g/mol. The number of hydrogen-bond donors (Lipinski definition) is 2. The van der Waals surface area contributed by atoms with Gasteiger partial charge in [-0.05, 0) is 33.6 Å². The van der Waals surface area contributed by atoms with Crippen molar-refractivity contribution < 1.29 is 4.79 Å². The Morgan fingerprint density at radius 3 is 2.50 bits per heavy atom. The number of hydrogen-bond acceptors (Lipinski definition) is 4. The molecule has 1 aromatic heterocycles. The summed E-state index contributed by atoms with van der Waals surface area (Å²) in [6, 6.07) is 0. The van der Waals surface area contributed by atoms with E-state index in [0.717, 1.165) is 61.9 Å². The monoisotopic (exact) mass is 379 g/mol. The van der Waals surface area contributed by atoms with Gasteiger partial charge in [-0.15, -0.1) is 11.3 Å². The maximum atomic E-state index is 12.7. The predicted octanol–water partition coefficient (Wildman–Crippen LogP) is 2.51. The van der Waals surface area contributed by atoms with Crippen LogP contribution >= 0.6 is 11.3 Å². The van der Waals surface area contributed by atoms with E-state index in [2.05, 4.69) is 29.5 Å². The second-order valence-corrected chi connectivity index (χ2v) is 8.59. The number of nitrogens with one attached hydrogen (secondary N) is 2. The molecule has 2 N–H and O–H groups in total. The highest BCUT2D eigenvalue weighted by Gasteiger charge is 2.42. The van der Waals surface area contributed by atoms with E-state index in [1.165, 1.54) is 4.88 Å². The summed E-state index contributed by atoms with van der Waals surface area (Å²) in [5.74, 6) is 1.01. The predicted molar refractivity (Wildman–Crippen MR) is 109 cm³/mol. The lowest BCUT2D eigenvalue weighted by atomic mass is 9.85. The third-order valence-electron chi connectivity index (χ3n) is 4.95. The van der Waals surface area contributed by atoms with Crippen LogP contribution in [0.4, 0.5) is 0 Å². The summed E-state index contributed by atoms with van der Waals surface area (Å²) in [5.41, 5.74) is 0.801. The van der Waals surface area contributed by atoms with Crippen molar-refractivity contribution in [2.24, 2.45) is 10.4 Å². The Hall–Kier alpha value is -1.63. The maximum Gasteiger partial charge on any atom is 0.230 e. The lowest BCUT2D eigenvalue weighted by Gasteiger charge is -2.29. The highest BCUT2D eigenvalue weighted by atomic mass is 32.1. The molecule has 1 aliphatic rings. The van der Waals surface area contributed by atoms with Crippen molar-refractivity contribution in [1.82, 2.24) is 20.5 Å². The lowest BCUT2D eigenvalue weighted by Crippen LogP contribution is -2.43. The standard InChI is InChI=1S/C19H33N5OS/c1-6-20-18(21-12-9-16-14(2)23-15(3)26-16)22-13-19(10-7-8-11-19)17(25)24(4)5/h6-13H2,1-5H3,(H2,20,21,22). The Morgan fingerprint density at radius 1 is 1.27 bits per heavy atom. The minimum Gasteiger partial charge on any atom is -0.357 e. The van der Waals surface area contributed by atoms with Crippen LogP contribution in [0.2, 0.25) is 0 Å². The van der Waals surface area contributed by atoms with Crippen LogP contribution in [0.5, 0.6) is 0 Å². The van der Waals surface area contributed by atoms with Crippen molar-refractivity contribution >= 4 is 23.2 Å². The van der Waals surface area contributed by atoms with Crippen LogP contribution in [-0.4, -0.2) is 55.5 Å². The third kappa shape index (κ3) is 5.19. The zero-order chi connectivity index (χ0) is 19.2. The summed E-state index contributed by atoms with van der Waals surface area (Å²) in [6.07, 6.45) is 5.04. The van der Waals surface area contributed by atoms with Gasteiger partial charge in [0.1, 0.15) is 0 Å². The Morgan fingerprint density at radius 2 is 1.96 bits per heavy atom. The molecule has 0 atom stereocenters. The molecule has 26 heavy (non-hydrogen) atoms. The van der Waals surface area contributed by atoms with Crippen molar-refractivity contribution in [3.8, 4) is 0 Å². The largest absolute Gasteiger partial charge is 0.357 e. The van der Waals surface area contributed by atoms with Gasteiger partial charge in [-0.2, -0.15) is 0 Å². The average Bonchev–Trinajstić information content (AvgIpc) is 3.19. The van der Waals surface area contributed by atoms with Crippen molar-refractivity contribution in [3.63, 3.8) is 0 Å². The van der Waals surface area contributed by atoms with Crippen LogP contribution in [0, 0.1) is 19.3 Å². The molecule has 1 amide bonds. The average molecular weight is 380 g/mol. The first kappa shape index (κ1) is 20.7. The second kappa shape index (κ2) is 9.35. The van der Waals surface area contributed by atoms with Crippen LogP contribution in [0.1, 0.15) is 48.2 Å². The number of carbonyl (C=O) groups is 1. The van der Waals surface area contributed by atoms with Crippen molar-refractivity contribution in [1.29, 1.82) is 0 Å². The quantitative estimate of drug-likeness (QED) is 0.564. The smallest absolute Gasteiger partial charge is 0.230 e. The second-order valence-electron chi connectivity index (χ2n) is 7.30. The SMILES string of the molecule is CCNC(=NCC1(C(=O)N(C)C)CCCC1)NCCc1sc(C)nc1C. The number of aromatic nitrogens is 1. The zero-order valence-electron chi connectivity index (χ0n) is 16.8. The van der Waals surface area contributed by atoms with E-state index in [4.69, 9.17) is 4.99 Å². The molecule has 0 unspecified atom stereocenters. The summed E-state index contributed by atoms with van der Waals surface area (Å²) in [5, 5.41) is 7.82. The van der Waals surface area contributed by atoms with Crippen LogP contribution in [0.25, 0.3) is 0 Å². The molecule has 0 spiro atoms. The molecule has 1 aromatic rings. The zero-order valence-corrected chi connectivity index (χ0v) is 17.6. The summed E-state index contributed by atoms with van der Waals surface area (Å²) < 4.78 is 0. The van der Waals surface area contributed by atoms with Crippen LogP contribution in [-0.2, 0) is 11.2 Å². The first-order valence-corrected chi connectivity index (χ1v) is 10.4. The Bertz CT molecular complexity index is 632. The van der Waals surface area contributed by atoms with Gasteiger partial charge in [0.05, 0.1) is 22.7 Å². The van der Waals surface area contributed by atoms with Gasteiger partial charge in [0, 0.05) is 38.5 Å². The first-order chi connectivity index (χ1) is 12.4. The van der Waals surface area contributed by atoms with Crippen LogP contribution < -0.4 is 10.6 Å². The van der Waals surface area contributed by atoms with E-state index in [1.807, 2.05) is 21.0 Å². The molecule has 1 fully saturated rings. The summed E-state index contributed by atoms with van der Waals surface area (Å²) in [7, 11) is 3.68. The van der Waals surface area contributed by atoms with Crippen molar-refractivity contribution in [2.45, 2.75) is 52.9 Å². The molecule has 0 radical (unpaired) electrons. The fourth-order valence-corrected chi connectivity index (χ4v) is 4.57. The number of aliphatic imine (C=N–C) groups is 1. The molecule has 1 saturated carbocycles. The molecule has 0 bridgehead atoms. The number of rotatable bonds is 7. The van der Waals surface area contributed by atoms with E-state index in [1.54, 1.807) is 16.2 Å². The Kier molecular flexibility index (Phi) is 7.43. The molecule has 2 rings (SSSR count). The van der Waals surface area contributed by atoms with E-state index < -0.39 is 0 Å². The summed E-state index contributed by atoms with van der Waals surface area (Å²) in [4.78, 5) is 25.0. The van der Waals surface area contributed by atoms with E-state index in [9.17, 15) is 4.79 Å². The van der Waals surface area contributed by atoms with Gasteiger partial charge in [0.25, 0.3) is 0 Å². The molecule has 146 valence electrons. The maximum absolute atomic E-state index is 12.7. The van der Waals surface area contributed by atoms with E-state index in [0.29, 0.717) is 6.54 Å². The number of thiazole rings is 1. The van der Waals surface area contributed by atoms with Crippen LogP contribution in [0.15, 0.2) is 4.99 Å². The highest BCUT2D eigenvalue weighted by molar-refractivity contribution is 7.11. The fraction of sp³-hybridized carbons (Fsp3) is 0.737. The fourth-order valence-electron chi connectivity index (χ4n) is 3.64. The van der Waals surface area contributed by atoms with E-state index >= 15 is 0 Å². The van der Waals surface area contributed by atoms with Gasteiger partial charge >= 0.3 is 0 Å². The number of guanidine groups is 1.